The highest BCUT2D eigenvalue weighted by Crippen LogP contribution is 1.99. The third-order valence-electron chi connectivity index (χ3n) is 1.52. The van der Waals surface area contributed by atoms with Crippen molar-refractivity contribution in [2.75, 3.05) is 6.54 Å². The third kappa shape index (κ3) is 2.82. The van der Waals surface area contributed by atoms with Gasteiger partial charge in [0.1, 0.15) is 0 Å². The molecule has 0 bridgehead atoms. The first-order valence-electron chi connectivity index (χ1n) is 4.13. The Kier molecular flexibility index (Phi) is 3.37. The SMILES string of the molecule is CCCNC(=O)c1ccnc(F)c1. The molecule has 1 amide bonds. The summed E-state index contributed by atoms with van der Waals surface area (Å²) in [5, 5.41) is 2.64. The smallest absolute Gasteiger partial charge is 0.251 e. The van der Waals surface area contributed by atoms with Crippen LogP contribution in [0.25, 0.3) is 0 Å². The number of rotatable bonds is 3. The first-order chi connectivity index (χ1) is 6.24. The Hall–Kier alpha value is -1.45. The van der Waals surface area contributed by atoms with Crippen LogP contribution in [0.3, 0.4) is 0 Å². The number of halogens is 1. The van der Waals surface area contributed by atoms with E-state index < -0.39 is 5.95 Å². The van der Waals surface area contributed by atoms with Crippen molar-refractivity contribution >= 4 is 5.91 Å². The van der Waals surface area contributed by atoms with Gasteiger partial charge in [0.25, 0.3) is 5.91 Å². The minimum atomic E-state index is -0.635. The van der Waals surface area contributed by atoms with Gasteiger partial charge in [0.15, 0.2) is 0 Å². The lowest BCUT2D eigenvalue weighted by atomic mass is 10.2. The standard InChI is InChI=1S/C9H11FN2O/c1-2-4-12-9(13)7-3-5-11-8(10)6-7/h3,5-6H,2,4H2,1H3,(H,12,13). The number of amides is 1. The van der Waals surface area contributed by atoms with E-state index in [1.54, 1.807) is 0 Å². The van der Waals surface area contributed by atoms with Gasteiger partial charge in [0.05, 0.1) is 0 Å². The minimum Gasteiger partial charge on any atom is -0.352 e. The number of hydrogen-bond donors (Lipinski definition) is 1. The zero-order valence-electron chi connectivity index (χ0n) is 7.38. The summed E-state index contributed by atoms with van der Waals surface area (Å²) in [6.07, 6.45) is 2.13. The predicted molar refractivity (Wildman–Crippen MR) is 46.8 cm³/mol. The van der Waals surface area contributed by atoms with Crippen molar-refractivity contribution in [3.05, 3.63) is 29.8 Å². The monoisotopic (exact) mass is 182 g/mol. The zero-order valence-corrected chi connectivity index (χ0v) is 7.38. The molecule has 0 saturated carbocycles. The van der Waals surface area contributed by atoms with Gasteiger partial charge in [-0.15, -0.1) is 0 Å². The molecule has 1 heterocycles. The maximum atomic E-state index is 12.6. The molecular weight excluding hydrogens is 171 g/mol. The Morgan fingerprint density at radius 2 is 2.46 bits per heavy atom. The predicted octanol–water partition coefficient (Wildman–Crippen LogP) is 1.36. The van der Waals surface area contributed by atoms with Gasteiger partial charge in [0.2, 0.25) is 5.95 Å². The van der Waals surface area contributed by atoms with Gasteiger partial charge in [-0.2, -0.15) is 4.39 Å². The molecule has 70 valence electrons. The Morgan fingerprint density at radius 3 is 3.08 bits per heavy atom. The third-order valence-corrected chi connectivity index (χ3v) is 1.52. The summed E-state index contributed by atoms with van der Waals surface area (Å²) < 4.78 is 12.6. The summed E-state index contributed by atoms with van der Waals surface area (Å²) in [7, 11) is 0. The molecule has 0 unspecified atom stereocenters. The number of nitrogens with one attached hydrogen (secondary N) is 1. The molecule has 0 aliphatic carbocycles. The van der Waals surface area contributed by atoms with Crippen molar-refractivity contribution < 1.29 is 9.18 Å². The molecule has 0 saturated heterocycles. The van der Waals surface area contributed by atoms with Crippen molar-refractivity contribution in [2.45, 2.75) is 13.3 Å². The number of pyridine rings is 1. The quantitative estimate of drug-likeness (QED) is 0.717. The first kappa shape index (κ1) is 9.64. The largest absolute Gasteiger partial charge is 0.352 e. The molecule has 0 fully saturated rings. The fraction of sp³-hybridized carbons (Fsp3) is 0.333. The van der Waals surface area contributed by atoms with Crippen LogP contribution >= 0.6 is 0 Å². The second kappa shape index (κ2) is 4.54. The fourth-order valence-corrected chi connectivity index (χ4v) is 0.884. The molecule has 0 spiro atoms. The van der Waals surface area contributed by atoms with Gasteiger partial charge in [-0.25, -0.2) is 4.98 Å². The van der Waals surface area contributed by atoms with E-state index in [1.807, 2.05) is 6.92 Å². The second-order valence-electron chi connectivity index (χ2n) is 2.62. The Labute approximate surface area is 76.0 Å². The van der Waals surface area contributed by atoms with Gasteiger partial charge < -0.3 is 5.32 Å². The summed E-state index contributed by atoms with van der Waals surface area (Å²) in [6.45, 7) is 2.55. The molecule has 0 aromatic carbocycles. The van der Waals surface area contributed by atoms with Crippen LogP contribution in [0.1, 0.15) is 23.7 Å². The molecule has 13 heavy (non-hydrogen) atoms. The molecule has 0 aliphatic rings. The first-order valence-corrected chi connectivity index (χ1v) is 4.13. The summed E-state index contributed by atoms with van der Waals surface area (Å²) in [5.74, 6) is -0.896. The number of carbonyl (C=O) groups excluding carboxylic acids is 1. The summed E-state index contributed by atoms with van der Waals surface area (Å²) in [4.78, 5) is 14.6. The molecule has 1 aromatic heterocycles. The lowest BCUT2D eigenvalue weighted by Gasteiger charge is -2.02. The highest BCUT2D eigenvalue weighted by atomic mass is 19.1. The molecule has 1 rings (SSSR count). The van der Waals surface area contributed by atoms with E-state index in [0.29, 0.717) is 12.1 Å². The normalized spacial score (nSPS) is 9.69. The zero-order chi connectivity index (χ0) is 9.68. The van der Waals surface area contributed by atoms with E-state index in [4.69, 9.17) is 0 Å². The Morgan fingerprint density at radius 1 is 1.69 bits per heavy atom. The van der Waals surface area contributed by atoms with Gasteiger partial charge in [-0.05, 0) is 12.5 Å². The minimum absolute atomic E-state index is 0.261. The fourth-order valence-electron chi connectivity index (χ4n) is 0.884. The van der Waals surface area contributed by atoms with Gasteiger partial charge in [-0.1, -0.05) is 6.92 Å². The van der Waals surface area contributed by atoms with Crippen LogP contribution < -0.4 is 5.32 Å². The van der Waals surface area contributed by atoms with Gasteiger partial charge in [-0.3, -0.25) is 4.79 Å². The summed E-state index contributed by atoms with van der Waals surface area (Å²) >= 11 is 0. The average Bonchev–Trinajstić information content (AvgIpc) is 2.14. The van der Waals surface area contributed by atoms with Crippen LogP contribution in [0.4, 0.5) is 4.39 Å². The van der Waals surface area contributed by atoms with Crippen molar-refractivity contribution in [3.8, 4) is 0 Å². The Bertz CT molecular complexity index is 301. The van der Waals surface area contributed by atoms with E-state index >= 15 is 0 Å². The topological polar surface area (TPSA) is 42.0 Å². The molecule has 1 N–H and O–H groups in total. The molecule has 3 nitrogen and oxygen atoms in total. The summed E-state index contributed by atoms with van der Waals surface area (Å²) in [5.41, 5.74) is 0.306. The van der Waals surface area contributed by atoms with E-state index in [9.17, 15) is 9.18 Å². The number of aromatic nitrogens is 1. The lowest BCUT2D eigenvalue weighted by molar-refractivity contribution is 0.0953. The lowest BCUT2D eigenvalue weighted by Crippen LogP contribution is -2.24. The van der Waals surface area contributed by atoms with Crippen LogP contribution in [0.5, 0.6) is 0 Å². The molecule has 4 heteroatoms. The number of carbonyl (C=O) groups is 1. The number of nitrogens with zero attached hydrogens (tertiary/aromatic N) is 1. The maximum absolute atomic E-state index is 12.6. The number of hydrogen-bond acceptors (Lipinski definition) is 2. The molecular formula is C9H11FN2O. The molecule has 0 atom stereocenters. The molecule has 0 aliphatic heterocycles. The van der Waals surface area contributed by atoms with E-state index in [2.05, 4.69) is 10.3 Å². The van der Waals surface area contributed by atoms with Crippen LogP contribution in [0, 0.1) is 5.95 Å². The van der Waals surface area contributed by atoms with Gasteiger partial charge >= 0.3 is 0 Å². The highest BCUT2D eigenvalue weighted by molar-refractivity contribution is 5.93. The van der Waals surface area contributed by atoms with Crippen molar-refractivity contribution in [2.24, 2.45) is 0 Å². The van der Waals surface area contributed by atoms with E-state index in [-0.39, 0.29) is 5.91 Å². The van der Waals surface area contributed by atoms with Crippen LogP contribution in [-0.2, 0) is 0 Å². The van der Waals surface area contributed by atoms with Gasteiger partial charge in [0, 0.05) is 24.4 Å². The van der Waals surface area contributed by atoms with E-state index in [1.165, 1.54) is 12.3 Å². The average molecular weight is 182 g/mol. The van der Waals surface area contributed by atoms with Crippen LogP contribution in [0.15, 0.2) is 18.3 Å². The van der Waals surface area contributed by atoms with Crippen molar-refractivity contribution in [1.29, 1.82) is 0 Å². The molecule has 1 aromatic rings. The van der Waals surface area contributed by atoms with Crippen LogP contribution in [-0.4, -0.2) is 17.4 Å². The van der Waals surface area contributed by atoms with Crippen molar-refractivity contribution in [1.82, 2.24) is 10.3 Å². The summed E-state index contributed by atoms with van der Waals surface area (Å²) in [6, 6.07) is 2.60. The maximum Gasteiger partial charge on any atom is 0.251 e. The second-order valence-corrected chi connectivity index (χ2v) is 2.62. The van der Waals surface area contributed by atoms with Crippen LogP contribution in [0.2, 0.25) is 0 Å². The van der Waals surface area contributed by atoms with E-state index in [0.717, 1.165) is 12.5 Å². The highest BCUT2D eigenvalue weighted by Gasteiger charge is 2.04. The Balaban J connectivity index is 2.66. The molecule has 0 radical (unpaired) electrons. The van der Waals surface area contributed by atoms with Crippen molar-refractivity contribution in [3.63, 3.8) is 0 Å².